The van der Waals surface area contributed by atoms with Gasteiger partial charge in [0.2, 0.25) is 0 Å². The molecule has 7 nitrogen and oxygen atoms in total. The largest absolute Gasteiger partial charge is 0.373 e. The summed E-state index contributed by atoms with van der Waals surface area (Å²) < 4.78 is 3.24. The third-order valence-electron chi connectivity index (χ3n) is 6.21. The van der Waals surface area contributed by atoms with Crippen molar-refractivity contribution in [1.29, 1.82) is 5.26 Å². The Labute approximate surface area is 206 Å². The Kier molecular flexibility index (Phi) is 5.48. The third kappa shape index (κ3) is 3.69. The molecule has 1 N–H and O–H groups in total. The van der Waals surface area contributed by atoms with Gasteiger partial charge in [0.15, 0.2) is 5.60 Å². The van der Waals surface area contributed by atoms with E-state index in [0.717, 1.165) is 0 Å². The highest BCUT2D eigenvalue weighted by molar-refractivity contribution is 6.30. The van der Waals surface area contributed by atoms with Crippen LogP contribution in [0.3, 0.4) is 0 Å². The number of benzene rings is 2. The van der Waals surface area contributed by atoms with Gasteiger partial charge in [0, 0.05) is 30.7 Å². The van der Waals surface area contributed by atoms with Crippen molar-refractivity contribution in [2.45, 2.75) is 5.60 Å². The molecule has 0 fully saturated rings. The van der Waals surface area contributed by atoms with Crippen LogP contribution in [-0.2, 0) is 19.7 Å². The van der Waals surface area contributed by atoms with E-state index in [4.69, 9.17) is 16.6 Å². The Bertz CT molecular complexity index is 1680. The average Bonchev–Trinajstić information content (AvgIpc) is 3.32. The number of pyridine rings is 2. The highest BCUT2D eigenvalue weighted by Crippen LogP contribution is 2.37. The number of fused-ring (bicyclic) bond motifs is 1. The van der Waals surface area contributed by atoms with Gasteiger partial charge in [-0.3, -0.25) is 4.79 Å². The first kappa shape index (κ1) is 22.5. The maximum atomic E-state index is 12.7. The van der Waals surface area contributed by atoms with Crippen LogP contribution in [0.25, 0.3) is 22.2 Å². The molecule has 5 rings (SSSR count). The molecule has 0 radical (unpaired) electrons. The van der Waals surface area contributed by atoms with Crippen molar-refractivity contribution < 1.29 is 5.11 Å². The monoisotopic (exact) mass is 481 g/mol. The first-order valence-corrected chi connectivity index (χ1v) is 11.2. The second-order valence-corrected chi connectivity index (χ2v) is 8.76. The van der Waals surface area contributed by atoms with Gasteiger partial charge in [0.05, 0.1) is 46.6 Å². The average molecular weight is 482 g/mol. The van der Waals surface area contributed by atoms with Gasteiger partial charge in [-0.1, -0.05) is 35.9 Å². The highest BCUT2D eigenvalue weighted by Gasteiger charge is 2.38. The summed E-state index contributed by atoms with van der Waals surface area (Å²) in [5, 5.41) is 22.1. The van der Waals surface area contributed by atoms with Crippen molar-refractivity contribution in [3.63, 3.8) is 0 Å². The molecule has 3 aromatic heterocycles. The van der Waals surface area contributed by atoms with Gasteiger partial charge in [0.25, 0.3) is 5.56 Å². The topological polar surface area (TPSA) is 96.7 Å². The molecule has 0 aliphatic rings. The predicted molar refractivity (Wildman–Crippen MR) is 134 cm³/mol. The smallest absolute Gasteiger partial charge is 0.251 e. The maximum Gasteiger partial charge on any atom is 0.251 e. The summed E-state index contributed by atoms with van der Waals surface area (Å²) >= 11 is 6.12. The summed E-state index contributed by atoms with van der Waals surface area (Å²) in [4.78, 5) is 21.9. The number of nitriles is 1. The van der Waals surface area contributed by atoms with Gasteiger partial charge in [-0.25, -0.2) is 9.97 Å². The molecule has 0 aliphatic carbocycles. The van der Waals surface area contributed by atoms with E-state index in [1.54, 1.807) is 85.8 Å². The van der Waals surface area contributed by atoms with Crippen LogP contribution in [0.1, 0.15) is 22.5 Å². The Morgan fingerprint density at radius 2 is 1.83 bits per heavy atom. The van der Waals surface area contributed by atoms with E-state index < -0.39 is 5.60 Å². The second kappa shape index (κ2) is 8.51. The lowest BCUT2D eigenvalue weighted by atomic mass is 9.86. The lowest BCUT2D eigenvalue weighted by molar-refractivity contribution is 0.113. The van der Waals surface area contributed by atoms with Gasteiger partial charge in [-0.15, -0.1) is 0 Å². The Morgan fingerprint density at radius 1 is 1.06 bits per heavy atom. The summed E-state index contributed by atoms with van der Waals surface area (Å²) in [6.07, 6.45) is 3.21. The molecule has 5 aromatic rings. The van der Waals surface area contributed by atoms with Gasteiger partial charge < -0.3 is 14.2 Å². The van der Waals surface area contributed by atoms with Crippen LogP contribution in [0.2, 0.25) is 5.02 Å². The lowest BCUT2D eigenvalue weighted by Gasteiger charge is -2.29. The molecule has 172 valence electrons. The number of imidazole rings is 1. The number of aryl methyl sites for hydroxylation is 2. The summed E-state index contributed by atoms with van der Waals surface area (Å²) in [6.45, 7) is 0. The summed E-state index contributed by atoms with van der Waals surface area (Å²) in [5.41, 5.74) is 2.44. The zero-order chi connectivity index (χ0) is 24.7. The molecule has 35 heavy (non-hydrogen) atoms. The van der Waals surface area contributed by atoms with E-state index in [0.29, 0.717) is 49.7 Å². The van der Waals surface area contributed by atoms with Crippen LogP contribution in [0, 0.1) is 11.3 Å². The minimum absolute atomic E-state index is 0.205. The standard InChI is InChI=1S/C27H20ClN5O2/c1-32-16-30-15-24(32)27(35,19-6-8-20(28)9-7-19)23-11-10-22-26(31-23)21(13-25(34)33(22)2)18-5-3-4-17(12-18)14-29/h3-13,15-16,35H,1-2H3/t27-/m1/s1. The zero-order valence-electron chi connectivity index (χ0n) is 19.0. The van der Waals surface area contributed by atoms with Crippen LogP contribution in [0.4, 0.5) is 0 Å². The molecule has 0 bridgehead atoms. The number of hydrogen-bond donors (Lipinski definition) is 1. The number of nitrogens with zero attached hydrogens (tertiary/aromatic N) is 5. The van der Waals surface area contributed by atoms with Crippen LogP contribution < -0.4 is 5.56 Å². The van der Waals surface area contributed by atoms with Crippen LogP contribution >= 0.6 is 11.6 Å². The van der Waals surface area contributed by atoms with E-state index in [9.17, 15) is 15.2 Å². The van der Waals surface area contributed by atoms with E-state index in [2.05, 4.69) is 11.1 Å². The molecule has 3 heterocycles. The molecular formula is C27H20ClN5O2. The number of aromatic nitrogens is 4. The summed E-state index contributed by atoms with van der Waals surface area (Å²) in [6, 6.07) is 21.0. The summed E-state index contributed by atoms with van der Waals surface area (Å²) in [5.74, 6) is 0. The minimum Gasteiger partial charge on any atom is -0.373 e. The van der Waals surface area contributed by atoms with E-state index in [1.165, 1.54) is 10.6 Å². The third-order valence-corrected chi connectivity index (χ3v) is 6.46. The fourth-order valence-electron chi connectivity index (χ4n) is 4.33. The SMILES string of the molecule is Cn1cncc1[C@@](O)(c1ccc(Cl)cc1)c1ccc2c(n1)c(-c1cccc(C#N)c1)cc(=O)n2C. The fraction of sp³-hybridized carbons (Fsp3) is 0.111. The lowest BCUT2D eigenvalue weighted by Crippen LogP contribution is -2.32. The van der Waals surface area contributed by atoms with Crippen LogP contribution in [0.5, 0.6) is 0 Å². The molecule has 8 heteroatoms. The fourth-order valence-corrected chi connectivity index (χ4v) is 4.46. The normalized spacial score (nSPS) is 12.9. The van der Waals surface area contributed by atoms with Crippen molar-refractivity contribution in [3.8, 4) is 17.2 Å². The van der Waals surface area contributed by atoms with Crippen molar-refractivity contribution >= 4 is 22.6 Å². The number of halogens is 1. The second-order valence-electron chi connectivity index (χ2n) is 8.32. The molecule has 0 amide bonds. The van der Waals surface area contributed by atoms with Gasteiger partial charge >= 0.3 is 0 Å². The number of rotatable bonds is 4. The first-order valence-electron chi connectivity index (χ1n) is 10.8. The minimum atomic E-state index is -1.65. The van der Waals surface area contributed by atoms with E-state index in [1.807, 2.05) is 6.07 Å². The van der Waals surface area contributed by atoms with Crippen LogP contribution in [-0.4, -0.2) is 24.2 Å². The molecule has 1 atom stereocenters. The predicted octanol–water partition coefficient (Wildman–Crippen LogP) is 4.14. The molecule has 0 saturated heterocycles. The van der Waals surface area contributed by atoms with Crippen molar-refractivity contribution in [2.24, 2.45) is 14.1 Å². The van der Waals surface area contributed by atoms with Gasteiger partial charge in [-0.05, 0) is 47.5 Å². The van der Waals surface area contributed by atoms with Crippen molar-refractivity contribution in [3.05, 3.63) is 117 Å². The quantitative estimate of drug-likeness (QED) is 0.416. The zero-order valence-corrected chi connectivity index (χ0v) is 19.7. The molecule has 0 spiro atoms. The Morgan fingerprint density at radius 3 is 2.51 bits per heavy atom. The van der Waals surface area contributed by atoms with Gasteiger partial charge in [-0.2, -0.15) is 5.26 Å². The maximum absolute atomic E-state index is 12.7. The van der Waals surface area contributed by atoms with Gasteiger partial charge in [0.1, 0.15) is 0 Å². The molecular weight excluding hydrogens is 462 g/mol. The molecule has 0 unspecified atom stereocenters. The molecule has 0 aliphatic heterocycles. The Hall–Kier alpha value is -4.25. The van der Waals surface area contributed by atoms with E-state index >= 15 is 0 Å². The molecule has 2 aromatic carbocycles. The summed E-state index contributed by atoms with van der Waals surface area (Å²) in [7, 11) is 3.47. The van der Waals surface area contributed by atoms with E-state index in [-0.39, 0.29) is 5.56 Å². The first-order chi connectivity index (χ1) is 16.8. The van der Waals surface area contributed by atoms with Crippen LogP contribution in [0.15, 0.2) is 84.0 Å². The Balaban J connectivity index is 1.84. The van der Waals surface area contributed by atoms with Crippen molar-refractivity contribution in [1.82, 2.24) is 19.1 Å². The number of aliphatic hydroxyl groups is 1. The molecule has 0 saturated carbocycles. The van der Waals surface area contributed by atoms with Crippen molar-refractivity contribution in [2.75, 3.05) is 0 Å². The number of hydrogen-bond acceptors (Lipinski definition) is 5. The highest BCUT2D eigenvalue weighted by atomic mass is 35.5.